The van der Waals surface area contributed by atoms with Gasteiger partial charge in [-0.2, -0.15) is 18.4 Å². The van der Waals surface area contributed by atoms with Gasteiger partial charge in [-0.1, -0.05) is 28.1 Å². The van der Waals surface area contributed by atoms with Crippen molar-refractivity contribution in [1.82, 2.24) is 0 Å². The Kier molecular flexibility index (Phi) is 8.55. The average Bonchev–Trinajstić information content (AvgIpc) is 2.83. The average molecular weight is 545 g/mol. The highest BCUT2D eigenvalue weighted by atomic mass is 79.9. The fraction of sp³-hybridized carbons (Fsp3) is 0.154. The smallest absolute Gasteiger partial charge is 0.416 e. The number of amides is 1. The maximum absolute atomic E-state index is 13.0. The number of nitrogens with one attached hydrogen (secondary N) is 1. The van der Waals surface area contributed by atoms with Gasteiger partial charge in [0.05, 0.1) is 12.2 Å². The number of anilines is 1. The summed E-state index contributed by atoms with van der Waals surface area (Å²) < 4.78 is 50.7. The minimum absolute atomic E-state index is 0.132. The van der Waals surface area contributed by atoms with Gasteiger partial charge in [0.2, 0.25) is 0 Å². The Labute approximate surface area is 208 Å². The molecule has 0 aromatic heterocycles. The van der Waals surface area contributed by atoms with Crippen LogP contribution in [0.3, 0.4) is 0 Å². The van der Waals surface area contributed by atoms with E-state index in [4.69, 9.17) is 9.47 Å². The van der Waals surface area contributed by atoms with Crippen molar-refractivity contribution in [2.24, 2.45) is 0 Å². The number of nitriles is 1. The molecule has 9 heteroatoms. The van der Waals surface area contributed by atoms with E-state index in [1.807, 2.05) is 13.0 Å². The molecular formula is C26H20BrF3N2O3. The third-order valence-electron chi connectivity index (χ3n) is 4.71. The first kappa shape index (κ1) is 25.8. The lowest BCUT2D eigenvalue weighted by Gasteiger charge is -2.12. The summed E-state index contributed by atoms with van der Waals surface area (Å²) >= 11 is 3.34. The van der Waals surface area contributed by atoms with E-state index < -0.39 is 17.6 Å². The summed E-state index contributed by atoms with van der Waals surface area (Å²) in [6, 6.07) is 18.3. The lowest BCUT2D eigenvalue weighted by atomic mass is 10.1. The summed E-state index contributed by atoms with van der Waals surface area (Å²) in [6.45, 7) is 2.24. The van der Waals surface area contributed by atoms with Crippen LogP contribution >= 0.6 is 15.9 Å². The van der Waals surface area contributed by atoms with Crippen molar-refractivity contribution in [2.45, 2.75) is 19.7 Å². The predicted molar refractivity (Wildman–Crippen MR) is 130 cm³/mol. The summed E-state index contributed by atoms with van der Waals surface area (Å²) in [4.78, 5) is 12.7. The normalized spacial score (nSPS) is 11.5. The van der Waals surface area contributed by atoms with Crippen LogP contribution in [-0.4, -0.2) is 12.5 Å². The summed E-state index contributed by atoms with van der Waals surface area (Å²) in [6.07, 6.45) is -3.10. The zero-order valence-electron chi connectivity index (χ0n) is 18.5. The quantitative estimate of drug-likeness (QED) is 0.245. The van der Waals surface area contributed by atoms with Gasteiger partial charge < -0.3 is 14.8 Å². The first-order valence-corrected chi connectivity index (χ1v) is 11.2. The molecule has 0 bridgehead atoms. The molecule has 0 aliphatic carbocycles. The summed E-state index contributed by atoms with van der Waals surface area (Å²) in [5.41, 5.74) is 0.263. The van der Waals surface area contributed by atoms with Crippen molar-refractivity contribution in [3.05, 3.63) is 93.5 Å². The zero-order valence-corrected chi connectivity index (χ0v) is 20.1. The Morgan fingerprint density at radius 2 is 1.83 bits per heavy atom. The lowest BCUT2D eigenvalue weighted by molar-refractivity contribution is -0.137. The number of carbonyl (C=O) groups is 1. The second-order valence-electron chi connectivity index (χ2n) is 7.25. The Hall–Kier alpha value is -3.77. The van der Waals surface area contributed by atoms with E-state index in [1.54, 1.807) is 42.5 Å². The van der Waals surface area contributed by atoms with E-state index in [9.17, 15) is 23.2 Å². The molecule has 1 N–H and O–H groups in total. The van der Waals surface area contributed by atoms with Crippen molar-refractivity contribution >= 4 is 33.6 Å². The third kappa shape index (κ3) is 7.36. The lowest BCUT2D eigenvalue weighted by Crippen LogP contribution is -2.13. The number of rotatable bonds is 8. The highest BCUT2D eigenvalue weighted by Crippen LogP contribution is 2.31. The number of ether oxygens (including phenoxy) is 2. The van der Waals surface area contributed by atoms with Gasteiger partial charge in [0.1, 0.15) is 29.7 Å². The number of hydrogen-bond acceptors (Lipinski definition) is 4. The van der Waals surface area contributed by atoms with Crippen LogP contribution in [0.25, 0.3) is 6.08 Å². The highest BCUT2D eigenvalue weighted by Gasteiger charge is 2.30. The molecule has 0 saturated carbocycles. The van der Waals surface area contributed by atoms with Gasteiger partial charge in [-0.25, -0.2) is 0 Å². The van der Waals surface area contributed by atoms with Crippen molar-refractivity contribution < 1.29 is 27.4 Å². The SMILES string of the molecule is CCOc1ccc(NC(=O)C(C#N)=Cc2cc(Br)ccc2OCc2cccc(C(F)(F)F)c2)cc1. The van der Waals surface area contributed by atoms with Gasteiger partial charge in [-0.05, 0) is 73.2 Å². The molecule has 3 rings (SSSR count). The van der Waals surface area contributed by atoms with Crippen LogP contribution in [-0.2, 0) is 17.6 Å². The number of hydrogen-bond donors (Lipinski definition) is 1. The molecule has 3 aromatic carbocycles. The molecule has 0 aliphatic heterocycles. The number of benzene rings is 3. The van der Waals surface area contributed by atoms with Crippen molar-refractivity contribution in [3.8, 4) is 17.6 Å². The monoisotopic (exact) mass is 544 g/mol. The molecule has 5 nitrogen and oxygen atoms in total. The summed E-state index contributed by atoms with van der Waals surface area (Å²) in [7, 11) is 0. The van der Waals surface area contributed by atoms with Crippen molar-refractivity contribution in [2.75, 3.05) is 11.9 Å². The number of carbonyl (C=O) groups excluding carboxylic acids is 1. The third-order valence-corrected chi connectivity index (χ3v) is 5.20. The van der Waals surface area contributed by atoms with E-state index >= 15 is 0 Å². The standard InChI is InChI=1S/C26H20BrF3N2O3/c1-2-34-23-9-7-22(8-10-23)32-25(33)19(15-31)13-18-14-21(27)6-11-24(18)35-16-17-4-3-5-20(12-17)26(28,29)30/h3-14H,2,16H2,1H3,(H,32,33). The molecule has 0 unspecified atom stereocenters. The Morgan fingerprint density at radius 1 is 1.09 bits per heavy atom. The van der Waals surface area contributed by atoms with Crippen LogP contribution in [0, 0.1) is 11.3 Å². The minimum Gasteiger partial charge on any atom is -0.494 e. The van der Waals surface area contributed by atoms with Gasteiger partial charge >= 0.3 is 6.18 Å². The largest absolute Gasteiger partial charge is 0.494 e. The molecule has 0 aliphatic rings. The fourth-order valence-corrected chi connectivity index (χ4v) is 3.44. The van der Waals surface area contributed by atoms with Gasteiger partial charge in [0.25, 0.3) is 5.91 Å². The molecule has 0 atom stereocenters. The van der Waals surface area contributed by atoms with Crippen LogP contribution in [0.2, 0.25) is 0 Å². The van der Waals surface area contributed by atoms with E-state index in [0.717, 1.165) is 12.1 Å². The van der Waals surface area contributed by atoms with Crippen LogP contribution in [0.5, 0.6) is 11.5 Å². The molecule has 3 aromatic rings. The zero-order chi connectivity index (χ0) is 25.4. The van der Waals surface area contributed by atoms with Crippen molar-refractivity contribution in [3.63, 3.8) is 0 Å². The molecule has 180 valence electrons. The van der Waals surface area contributed by atoms with E-state index in [2.05, 4.69) is 21.2 Å². The van der Waals surface area contributed by atoms with E-state index in [-0.39, 0.29) is 12.2 Å². The van der Waals surface area contributed by atoms with E-state index in [1.165, 1.54) is 18.2 Å². The van der Waals surface area contributed by atoms with Crippen molar-refractivity contribution in [1.29, 1.82) is 5.26 Å². The first-order valence-electron chi connectivity index (χ1n) is 10.4. The number of alkyl halides is 3. The van der Waals surface area contributed by atoms with Gasteiger partial charge in [0.15, 0.2) is 0 Å². The second-order valence-corrected chi connectivity index (χ2v) is 8.17. The van der Waals surface area contributed by atoms with Crippen LogP contribution < -0.4 is 14.8 Å². The molecule has 0 fully saturated rings. The highest BCUT2D eigenvalue weighted by molar-refractivity contribution is 9.10. The molecule has 1 amide bonds. The molecule has 0 saturated heterocycles. The van der Waals surface area contributed by atoms with Crippen LogP contribution in [0.4, 0.5) is 18.9 Å². The molecule has 0 heterocycles. The number of nitrogens with zero attached hydrogens (tertiary/aromatic N) is 1. The Morgan fingerprint density at radius 3 is 2.49 bits per heavy atom. The minimum atomic E-state index is -4.46. The maximum Gasteiger partial charge on any atom is 0.416 e. The first-order chi connectivity index (χ1) is 16.7. The fourth-order valence-electron chi connectivity index (χ4n) is 3.07. The summed E-state index contributed by atoms with van der Waals surface area (Å²) in [5, 5.41) is 12.2. The van der Waals surface area contributed by atoms with Crippen LogP contribution in [0.1, 0.15) is 23.6 Å². The molecule has 35 heavy (non-hydrogen) atoms. The van der Waals surface area contributed by atoms with Gasteiger partial charge in [0, 0.05) is 15.7 Å². The van der Waals surface area contributed by atoms with Gasteiger partial charge in [-0.3, -0.25) is 4.79 Å². The topological polar surface area (TPSA) is 71.3 Å². The van der Waals surface area contributed by atoms with E-state index in [0.29, 0.717) is 39.4 Å². The molecular weight excluding hydrogens is 525 g/mol. The second kappa shape index (κ2) is 11.6. The maximum atomic E-state index is 13.0. The van der Waals surface area contributed by atoms with Crippen LogP contribution in [0.15, 0.2) is 76.8 Å². The van der Waals surface area contributed by atoms with Gasteiger partial charge in [-0.15, -0.1) is 0 Å². The Bertz CT molecular complexity index is 1270. The molecule has 0 spiro atoms. The predicted octanol–water partition coefficient (Wildman–Crippen LogP) is 6.99. The number of halogens is 4. The Balaban J connectivity index is 1.79. The molecule has 0 radical (unpaired) electrons. The summed E-state index contributed by atoms with van der Waals surface area (Å²) in [5.74, 6) is 0.325.